The maximum atomic E-state index is 11.4. The second-order valence-corrected chi connectivity index (χ2v) is 8.12. The molecule has 0 aromatic carbocycles. The zero-order chi connectivity index (χ0) is 27.2. The van der Waals surface area contributed by atoms with Gasteiger partial charge >= 0.3 is 12.6 Å². The summed E-state index contributed by atoms with van der Waals surface area (Å²) < 4.78 is 34.9. The number of carboxylic acids is 1. The highest BCUT2D eigenvalue weighted by Crippen LogP contribution is 2.19. The lowest BCUT2D eigenvalue weighted by atomic mass is 10.2. The second-order valence-electron chi connectivity index (χ2n) is 7.26. The van der Waals surface area contributed by atoms with Gasteiger partial charge in [0.05, 0.1) is 12.5 Å². The van der Waals surface area contributed by atoms with Gasteiger partial charge in [0, 0.05) is 25.2 Å². The van der Waals surface area contributed by atoms with Gasteiger partial charge in [-0.25, -0.2) is 4.79 Å². The molecule has 0 aromatic rings. The van der Waals surface area contributed by atoms with E-state index in [2.05, 4.69) is 36.6 Å². The lowest BCUT2D eigenvalue weighted by molar-refractivity contribution is -0.142. The van der Waals surface area contributed by atoms with Gasteiger partial charge in [-0.1, -0.05) is 46.6 Å². The molecule has 1 unspecified atom stereocenters. The lowest BCUT2D eigenvalue weighted by Gasteiger charge is -2.28. The van der Waals surface area contributed by atoms with Crippen LogP contribution in [0.3, 0.4) is 0 Å². The molecular formula is C25H44F3N3O3S. The number of ether oxygens (including phenoxy) is 1. The summed E-state index contributed by atoms with van der Waals surface area (Å²) in [7, 11) is 3.60. The van der Waals surface area contributed by atoms with Crippen LogP contribution in [-0.4, -0.2) is 55.3 Å². The van der Waals surface area contributed by atoms with E-state index >= 15 is 0 Å². The van der Waals surface area contributed by atoms with E-state index in [1.807, 2.05) is 32.3 Å². The number of hydrogen-bond acceptors (Lipinski definition) is 6. The minimum atomic E-state index is -3.67. The summed E-state index contributed by atoms with van der Waals surface area (Å²) in [4.78, 5) is 13.1. The highest BCUT2D eigenvalue weighted by atomic mass is 32.2. The van der Waals surface area contributed by atoms with Crippen LogP contribution in [0.5, 0.6) is 0 Å². The molecule has 1 aliphatic rings. The Balaban J connectivity index is 0. The number of nitrogens with zero attached hydrogens (tertiary/aromatic N) is 1. The van der Waals surface area contributed by atoms with E-state index in [0.717, 1.165) is 36.7 Å². The average molecular weight is 524 g/mol. The molecule has 0 amide bonds. The monoisotopic (exact) mass is 523 g/mol. The van der Waals surface area contributed by atoms with Gasteiger partial charge in [0.1, 0.15) is 17.6 Å². The van der Waals surface area contributed by atoms with Crippen molar-refractivity contribution in [3.05, 3.63) is 46.5 Å². The minimum absolute atomic E-state index is 0.542. The maximum absolute atomic E-state index is 11.4. The SMILES string of the molecule is CC.CCCCCOC1=C(C)CC=C(NCS/C=C(\NC)N(C)C(CC)C(=O)O)C=C1.FC(F)F. The molecule has 0 aromatic heterocycles. The van der Waals surface area contributed by atoms with Crippen molar-refractivity contribution in [2.24, 2.45) is 0 Å². The van der Waals surface area contributed by atoms with E-state index in [4.69, 9.17) is 4.74 Å². The summed E-state index contributed by atoms with van der Waals surface area (Å²) in [6, 6.07) is -0.542. The zero-order valence-corrected chi connectivity index (χ0v) is 23.0. The fourth-order valence-corrected chi connectivity index (χ4v) is 3.70. The van der Waals surface area contributed by atoms with Gasteiger partial charge in [-0.3, -0.25) is 0 Å². The molecule has 0 heterocycles. The Morgan fingerprint density at radius 2 is 1.89 bits per heavy atom. The number of hydrogen-bond donors (Lipinski definition) is 3. The van der Waals surface area contributed by atoms with Crippen LogP contribution in [0.25, 0.3) is 0 Å². The number of rotatable bonds is 14. The summed E-state index contributed by atoms with van der Waals surface area (Å²) in [5.74, 6) is 1.63. The summed E-state index contributed by atoms with van der Waals surface area (Å²) in [6.45, 7) is 7.28. The van der Waals surface area contributed by atoms with Gasteiger partial charge in [-0.2, -0.15) is 13.2 Å². The van der Waals surface area contributed by atoms with Gasteiger partial charge in [-0.15, -0.1) is 11.8 Å². The van der Waals surface area contributed by atoms with E-state index in [1.165, 1.54) is 18.4 Å². The van der Waals surface area contributed by atoms with Crippen molar-refractivity contribution in [2.45, 2.75) is 79.4 Å². The van der Waals surface area contributed by atoms with Gasteiger partial charge in [0.2, 0.25) is 0 Å². The molecule has 0 saturated carbocycles. The van der Waals surface area contributed by atoms with Crippen molar-refractivity contribution < 1.29 is 27.8 Å². The van der Waals surface area contributed by atoms with Crippen LogP contribution in [0, 0.1) is 0 Å². The minimum Gasteiger partial charge on any atom is -0.494 e. The Bertz CT molecular complexity index is 696. The maximum Gasteiger partial charge on any atom is 0.379 e. The van der Waals surface area contributed by atoms with Crippen LogP contribution >= 0.6 is 11.8 Å². The fraction of sp³-hybridized carbons (Fsp3) is 0.640. The fourth-order valence-electron chi connectivity index (χ4n) is 2.92. The van der Waals surface area contributed by atoms with Crippen molar-refractivity contribution in [2.75, 3.05) is 26.6 Å². The number of unbranched alkanes of at least 4 members (excludes halogenated alkanes) is 2. The number of thioether (sulfide) groups is 1. The molecule has 204 valence electrons. The summed E-state index contributed by atoms with van der Waals surface area (Å²) >= 11 is 1.59. The topological polar surface area (TPSA) is 73.8 Å². The van der Waals surface area contributed by atoms with Crippen molar-refractivity contribution in [3.8, 4) is 0 Å². The van der Waals surface area contributed by atoms with Crippen molar-refractivity contribution >= 4 is 17.7 Å². The van der Waals surface area contributed by atoms with Crippen LogP contribution < -0.4 is 10.6 Å². The number of halogens is 3. The second kappa shape index (κ2) is 22.2. The number of likely N-dealkylation sites (N-methyl/N-ethyl adjacent to an activating group) is 1. The molecule has 10 heteroatoms. The average Bonchev–Trinajstić information content (AvgIpc) is 2.99. The Labute approximate surface area is 213 Å². The molecule has 1 aliphatic carbocycles. The smallest absolute Gasteiger partial charge is 0.379 e. The molecule has 0 aliphatic heterocycles. The first-order valence-electron chi connectivity index (χ1n) is 12.0. The van der Waals surface area contributed by atoms with Crippen LogP contribution in [-0.2, 0) is 9.53 Å². The summed E-state index contributed by atoms with van der Waals surface area (Å²) in [5, 5.41) is 17.8. The first kappa shape index (κ1) is 34.9. The first-order chi connectivity index (χ1) is 16.7. The van der Waals surface area contributed by atoms with Crippen LogP contribution in [0.4, 0.5) is 13.2 Å². The van der Waals surface area contributed by atoms with E-state index in [0.29, 0.717) is 12.3 Å². The number of nitrogens with one attached hydrogen (secondary N) is 2. The molecular weight excluding hydrogens is 479 g/mol. The van der Waals surface area contributed by atoms with Gasteiger partial charge in [0.15, 0.2) is 0 Å². The van der Waals surface area contributed by atoms with Gasteiger partial charge in [-0.05, 0) is 43.9 Å². The number of aliphatic carboxylic acids is 1. The zero-order valence-electron chi connectivity index (χ0n) is 22.2. The third kappa shape index (κ3) is 16.9. The molecule has 0 radical (unpaired) electrons. The molecule has 0 saturated heterocycles. The summed E-state index contributed by atoms with van der Waals surface area (Å²) in [5.41, 5.74) is 2.30. The predicted molar refractivity (Wildman–Crippen MR) is 141 cm³/mol. The summed E-state index contributed by atoms with van der Waals surface area (Å²) in [6.07, 6.45) is 11.1. The molecule has 1 rings (SSSR count). The predicted octanol–water partition coefficient (Wildman–Crippen LogP) is 6.61. The highest BCUT2D eigenvalue weighted by molar-refractivity contribution is 8.02. The van der Waals surface area contributed by atoms with Crippen LogP contribution in [0.1, 0.15) is 66.7 Å². The first-order valence-corrected chi connectivity index (χ1v) is 13.0. The Morgan fingerprint density at radius 3 is 2.40 bits per heavy atom. The van der Waals surface area contributed by atoms with E-state index in [1.54, 1.807) is 30.8 Å². The van der Waals surface area contributed by atoms with E-state index < -0.39 is 18.7 Å². The number of carboxylic acid groups (broad SMARTS) is 1. The third-order valence-corrected chi connectivity index (χ3v) is 5.50. The molecule has 0 fully saturated rings. The molecule has 0 bridgehead atoms. The van der Waals surface area contributed by atoms with Gasteiger partial charge < -0.3 is 25.4 Å². The Morgan fingerprint density at radius 1 is 1.26 bits per heavy atom. The highest BCUT2D eigenvalue weighted by Gasteiger charge is 2.21. The molecule has 3 N–H and O–H groups in total. The molecule has 6 nitrogen and oxygen atoms in total. The van der Waals surface area contributed by atoms with Crippen molar-refractivity contribution in [1.82, 2.24) is 15.5 Å². The number of alkyl halides is 3. The molecule has 1 atom stereocenters. The van der Waals surface area contributed by atoms with Gasteiger partial charge in [0.25, 0.3) is 0 Å². The Kier molecular flexibility index (Phi) is 22.2. The van der Waals surface area contributed by atoms with E-state index in [9.17, 15) is 23.1 Å². The lowest BCUT2D eigenvalue weighted by Crippen LogP contribution is -2.40. The number of allylic oxidation sites excluding steroid dienone is 4. The quantitative estimate of drug-likeness (QED) is 0.175. The largest absolute Gasteiger partial charge is 0.494 e. The third-order valence-electron chi connectivity index (χ3n) is 4.80. The molecule has 0 spiro atoms. The number of carbonyl (C=O) groups is 1. The van der Waals surface area contributed by atoms with Crippen LogP contribution in [0.15, 0.2) is 46.5 Å². The van der Waals surface area contributed by atoms with Crippen molar-refractivity contribution in [1.29, 1.82) is 0 Å². The van der Waals surface area contributed by atoms with E-state index in [-0.39, 0.29) is 0 Å². The normalized spacial score (nSPS) is 14.0. The van der Waals surface area contributed by atoms with Crippen LogP contribution in [0.2, 0.25) is 0 Å². The standard InChI is InChI=1S/C22H37N3O3S.C2H6.CHF3/c1-6-8-9-14-28-20-13-12-18(11-10-17(20)3)24-16-29-15-21(23-4)25(5)19(7-2)22(26)27;1-2;2-1(3)4/h11-13,15,19,23-24H,6-10,14,16H2,1-5H3,(H,26,27);1-2H3;1H/b21-15+;;. The molecule has 35 heavy (non-hydrogen) atoms. The van der Waals surface area contributed by atoms with Crippen molar-refractivity contribution in [3.63, 3.8) is 0 Å². The Hall–Kier alpha value is -2.23.